The smallest absolute Gasteiger partial charge is 0.265 e. The molecule has 1 atom stereocenters. The lowest BCUT2D eigenvalue weighted by Gasteiger charge is -2.38. The highest BCUT2D eigenvalue weighted by Gasteiger charge is 2.37. The SMILES string of the molecule is CC1CCN(C(=O)[C@@H]2CN(S(C)(=O)=O)c3cc(Cl)ccc3O2)CC1. The first-order chi connectivity index (χ1) is 11.3. The van der Waals surface area contributed by atoms with E-state index in [1.54, 1.807) is 23.1 Å². The lowest BCUT2D eigenvalue weighted by atomic mass is 9.99. The Morgan fingerprint density at radius 3 is 2.58 bits per heavy atom. The van der Waals surface area contributed by atoms with Crippen LogP contribution < -0.4 is 9.04 Å². The molecule has 0 N–H and O–H groups in total. The summed E-state index contributed by atoms with van der Waals surface area (Å²) in [6.45, 7) is 3.51. The zero-order valence-electron chi connectivity index (χ0n) is 13.7. The largest absolute Gasteiger partial charge is 0.476 e. The molecule has 2 aliphatic rings. The quantitative estimate of drug-likeness (QED) is 0.797. The van der Waals surface area contributed by atoms with Gasteiger partial charge in [-0.3, -0.25) is 9.10 Å². The number of rotatable bonds is 2. The molecule has 1 fully saturated rings. The van der Waals surface area contributed by atoms with Gasteiger partial charge in [-0.05, 0) is 37.0 Å². The highest BCUT2D eigenvalue weighted by Crippen LogP contribution is 2.37. The molecule has 1 amide bonds. The Morgan fingerprint density at radius 2 is 1.96 bits per heavy atom. The summed E-state index contributed by atoms with van der Waals surface area (Å²) in [6, 6.07) is 4.77. The predicted octanol–water partition coefficient (Wildman–Crippen LogP) is 2.13. The van der Waals surface area contributed by atoms with Crippen molar-refractivity contribution < 1.29 is 17.9 Å². The summed E-state index contributed by atoms with van der Waals surface area (Å²) in [5.41, 5.74) is 0.376. The molecule has 3 rings (SSSR count). The summed E-state index contributed by atoms with van der Waals surface area (Å²) >= 11 is 5.97. The van der Waals surface area contributed by atoms with E-state index in [0.717, 1.165) is 19.1 Å². The molecule has 8 heteroatoms. The number of ether oxygens (including phenoxy) is 1. The average molecular weight is 373 g/mol. The van der Waals surface area contributed by atoms with E-state index in [-0.39, 0.29) is 12.5 Å². The second-order valence-corrected chi connectivity index (χ2v) is 8.86. The standard InChI is InChI=1S/C16H21ClN2O4S/c1-11-5-7-18(8-6-11)16(20)15-10-19(24(2,21)22)13-9-12(17)3-4-14(13)23-15/h3-4,9,11,15H,5-8,10H2,1-2H3/t15-/m0/s1. The van der Waals surface area contributed by atoms with E-state index < -0.39 is 16.1 Å². The fourth-order valence-electron chi connectivity index (χ4n) is 3.10. The molecule has 1 saturated heterocycles. The van der Waals surface area contributed by atoms with E-state index in [1.165, 1.54) is 4.31 Å². The molecule has 0 unspecified atom stereocenters. The third kappa shape index (κ3) is 3.47. The van der Waals surface area contributed by atoms with E-state index in [4.69, 9.17) is 16.3 Å². The number of hydrogen-bond donors (Lipinski definition) is 0. The van der Waals surface area contributed by atoms with Gasteiger partial charge in [-0.25, -0.2) is 8.42 Å². The minimum atomic E-state index is -3.54. The first-order valence-electron chi connectivity index (χ1n) is 7.98. The fraction of sp³-hybridized carbons (Fsp3) is 0.562. The minimum absolute atomic E-state index is 0.0307. The van der Waals surface area contributed by atoms with Gasteiger partial charge in [0.05, 0.1) is 18.5 Å². The van der Waals surface area contributed by atoms with Crippen LogP contribution in [0.1, 0.15) is 19.8 Å². The number of likely N-dealkylation sites (tertiary alicyclic amines) is 1. The number of anilines is 1. The van der Waals surface area contributed by atoms with Gasteiger partial charge in [0.1, 0.15) is 5.75 Å². The lowest BCUT2D eigenvalue weighted by molar-refractivity contribution is -0.139. The average Bonchev–Trinajstić information content (AvgIpc) is 2.53. The van der Waals surface area contributed by atoms with Crippen LogP contribution in [-0.2, 0) is 14.8 Å². The third-order valence-corrected chi connectivity index (χ3v) is 5.94. The fourth-order valence-corrected chi connectivity index (χ4v) is 4.17. The van der Waals surface area contributed by atoms with Crippen LogP contribution >= 0.6 is 11.6 Å². The van der Waals surface area contributed by atoms with Crippen LogP contribution in [0.15, 0.2) is 18.2 Å². The molecule has 132 valence electrons. The van der Waals surface area contributed by atoms with E-state index in [1.807, 2.05) is 0 Å². The number of carbonyl (C=O) groups excluding carboxylic acids is 1. The highest BCUT2D eigenvalue weighted by molar-refractivity contribution is 7.92. The van der Waals surface area contributed by atoms with Crippen LogP contribution in [0, 0.1) is 5.92 Å². The van der Waals surface area contributed by atoms with Gasteiger partial charge in [0.15, 0.2) is 6.10 Å². The number of carbonyl (C=O) groups is 1. The van der Waals surface area contributed by atoms with Crippen molar-refractivity contribution in [2.75, 3.05) is 30.2 Å². The number of fused-ring (bicyclic) bond motifs is 1. The van der Waals surface area contributed by atoms with Crippen LogP contribution in [-0.4, -0.2) is 51.2 Å². The molecule has 0 spiro atoms. The molecule has 2 heterocycles. The summed E-state index contributed by atoms with van der Waals surface area (Å²) in [6.07, 6.45) is 2.20. The molecule has 0 saturated carbocycles. The molecular weight excluding hydrogens is 352 g/mol. The van der Waals surface area contributed by atoms with Crippen molar-refractivity contribution in [3.63, 3.8) is 0 Å². The summed E-state index contributed by atoms with van der Waals surface area (Å²) < 4.78 is 31.3. The molecular formula is C16H21ClN2O4S. The van der Waals surface area contributed by atoms with E-state index in [0.29, 0.717) is 35.5 Å². The predicted molar refractivity (Wildman–Crippen MR) is 93.0 cm³/mol. The maximum Gasteiger partial charge on any atom is 0.265 e. The summed E-state index contributed by atoms with van der Waals surface area (Å²) in [7, 11) is -3.54. The zero-order valence-corrected chi connectivity index (χ0v) is 15.3. The minimum Gasteiger partial charge on any atom is -0.476 e. The van der Waals surface area contributed by atoms with Crippen molar-refractivity contribution in [2.45, 2.75) is 25.9 Å². The Hall–Kier alpha value is -1.47. The Morgan fingerprint density at radius 1 is 1.29 bits per heavy atom. The van der Waals surface area contributed by atoms with Gasteiger partial charge in [0.25, 0.3) is 5.91 Å². The van der Waals surface area contributed by atoms with Gasteiger partial charge < -0.3 is 9.64 Å². The maximum absolute atomic E-state index is 12.8. The van der Waals surface area contributed by atoms with Crippen molar-refractivity contribution in [1.29, 1.82) is 0 Å². The monoisotopic (exact) mass is 372 g/mol. The second-order valence-electron chi connectivity index (χ2n) is 6.52. The van der Waals surface area contributed by atoms with Gasteiger partial charge in [-0.15, -0.1) is 0 Å². The normalized spacial score (nSPS) is 22.0. The molecule has 2 aliphatic heterocycles. The third-order valence-electron chi connectivity index (χ3n) is 4.56. The molecule has 24 heavy (non-hydrogen) atoms. The number of amides is 1. The maximum atomic E-state index is 12.8. The molecule has 1 aromatic carbocycles. The molecule has 0 radical (unpaired) electrons. The zero-order chi connectivity index (χ0) is 17.5. The Labute approximate surface area is 147 Å². The summed E-state index contributed by atoms with van der Waals surface area (Å²) in [5, 5.41) is 0.417. The van der Waals surface area contributed by atoms with Crippen LogP contribution in [0.25, 0.3) is 0 Å². The molecule has 0 bridgehead atoms. The number of sulfonamides is 1. The Bertz CT molecular complexity index is 744. The van der Waals surface area contributed by atoms with Crippen molar-refractivity contribution in [3.8, 4) is 5.75 Å². The number of piperidine rings is 1. The van der Waals surface area contributed by atoms with Crippen molar-refractivity contribution in [1.82, 2.24) is 4.90 Å². The number of hydrogen-bond acceptors (Lipinski definition) is 4. The van der Waals surface area contributed by atoms with Crippen LogP contribution in [0.2, 0.25) is 5.02 Å². The van der Waals surface area contributed by atoms with Crippen molar-refractivity contribution in [2.24, 2.45) is 5.92 Å². The number of benzene rings is 1. The van der Waals surface area contributed by atoms with Gasteiger partial charge in [0, 0.05) is 18.1 Å². The van der Waals surface area contributed by atoms with Crippen molar-refractivity contribution in [3.05, 3.63) is 23.2 Å². The van der Waals surface area contributed by atoms with Gasteiger partial charge in [0.2, 0.25) is 10.0 Å². The summed E-state index contributed by atoms with van der Waals surface area (Å²) in [5.74, 6) is 0.813. The lowest BCUT2D eigenvalue weighted by Crippen LogP contribution is -2.53. The topological polar surface area (TPSA) is 66.9 Å². The Balaban J connectivity index is 1.87. The summed E-state index contributed by atoms with van der Waals surface area (Å²) in [4.78, 5) is 14.5. The van der Waals surface area contributed by atoms with Crippen molar-refractivity contribution >= 4 is 33.2 Å². The first-order valence-corrected chi connectivity index (χ1v) is 10.2. The van der Waals surface area contributed by atoms with Crippen LogP contribution in [0.5, 0.6) is 5.75 Å². The van der Waals surface area contributed by atoms with E-state index >= 15 is 0 Å². The molecule has 1 aromatic rings. The van der Waals surface area contributed by atoms with Gasteiger partial charge >= 0.3 is 0 Å². The first kappa shape index (κ1) is 17.4. The van der Waals surface area contributed by atoms with E-state index in [2.05, 4.69) is 6.92 Å². The molecule has 0 aromatic heterocycles. The second kappa shape index (κ2) is 6.44. The molecule has 6 nitrogen and oxygen atoms in total. The van der Waals surface area contributed by atoms with Gasteiger partial charge in [-0.2, -0.15) is 0 Å². The van der Waals surface area contributed by atoms with Crippen LogP contribution in [0.4, 0.5) is 5.69 Å². The van der Waals surface area contributed by atoms with E-state index in [9.17, 15) is 13.2 Å². The van der Waals surface area contributed by atoms with Gasteiger partial charge in [-0.1, -0.05) is 18.5 Å². The number of halogens is 1. The Kier molecular flexibility index (Phi) is 4.66. The number of nitrogens with zero attached hydrogens (tertiary/aromatic N) is 2. The van der Waals surface area contributed by atoms with Crippen LogP contribution in [0.3, 0.4) is 0 Å². The highest BCUT2D eigenvalue weighted by atomic mass is 35.5. The molecule has 0 aliphatic carbocycles.